The Morgan fingerprint density at radius 1 is 1.14 bits per heavy atom. The van der Waals surface area contributed by atoms with Crippen molar-refractivity contribution in [3.8, 4) is 0 Å². The van der Waals surface area contributed by atoms with Gasteiger partial charge in [-0.2, -0.15) is 0 Å². The van der Waals surface area contributed by atoms with Gasteiger partial charge in [0.05, 0.1) is 6.42 Å². The van der Waals surface area contributed by atoms with Crippen LogP contribution >= 0.6 is 0 Å². The van der Waals surface area contributed by atoms with E-state index in [9.17, 15) is 19.2 Å². The Kier molecular flexibility index (Phi) is 3.98. The number of rotatable bonds is 4. The zero-order chi connectivity index (χ0) is 15.4. The number of aromatic nitrogens is 2. The summed E-state index contributed by atoms with van der Waals surface area (Å²) in [6.45, 7) is 0. The van der Waals surface area contributed by atoms with Crippen LogP contribution in [0.3, 0.4) is 0 Å². The molecule has 0 aliphatic heterocycles. The van der Waals surface area contributed by atoms with Crippen molar-refractivity contribution in [1.82, 2.24) is 9.97 Å². The number of carbonyl (C=O) groups is 2. The van der Waals surface area contributed by atoms with E-state index in [1.54, 1.807) is 12.1 Å². The summed E-state index contributed by atoms with van der Waals surface area (Å²) in [7, 11) is 0. The monoisotopic (exact) mass is 289 g/mol. The van der Waals surface area contributed by atoms with Gasteiger partial charge >= 0.3 is 11.7 Å². The molecule has 0 bridgehead atoms. The minimum atomic E-state index is -0.952. The molecule has 8 nitrogen and oxygen atoms in total. The molecule has 2 aromatic rings. The van der Waals surface area contributed by atoms with Gasteiger partial charge in [-0.25, -0.2) is 4.79 Å². The average molecular weight is 289 g/mol. The number of carboxylic acids is 1. The molecule has 2 rings (SSSR count). The van der Waals surface area contributed by atoms with E-state index in [1.807, 2.05) is 4.98 Å². The number of hydrogen-bond donors (Lipinski definition) is 4. The van der Waals surface area contributed by atoms with Crippen molar-refractivity contribution in [2.75, 3.05) is 5.32 Å². The maximum absolute atomic E-state index is 11.9. The van der Waals surface area contributed by atoms with Crippen LogP contribution in [-0.4, -0.2) is 27.0 Å². The minimum absolute atomic E-state index is 0.117. The number of benzene rings is 1. The molecule has 0 spiro atoms. The zero-order valence-electron chi connectivity index (χ0n) is 10.7. The van der Waals surface area contributed by atoms with E-state index in [0.717, 1.165) is 6.20 Å². The number of carboxylic acid groups (broad SMARTS) is 1. The van der Waals surface area contributed by atoms with Crippen molar-refractivity contribution >= 4 is 17.6 Å². The highest BCUT2D eigenvalue weighted by atomic mass is 16.4. The number of hydrogen-bond acceptors (Lipinski definition) is 4. The van der Waals surface area contributed by atoms with Crippen LogP contribution in [0.4, 0.5) is 5.69 Å². The van der Waals surface area contributed by atoms with Gasteiger partial charge in [0.15, 0.2) is 0 Å². The standard InChI is InChI=1S/C13H11N3O5/c17-10(18)5-7-1-3-8(4-2-7)15-11(19)9-6-14-13(21)16-12(9)20/h1-4,6H,5H2,(H,15,19)(H,17,18)(H2,14,16,20,21). The Hall–Kier alpha value is -3.16. The third kappa shape index (κ3) is 3.66. The number of aliphatic carboxylic acids is 1. The van der Waals surface area contributed by atoms with E-state index in [2.05, 4.69) is 10.3 Å². The summed E-state index contributed by atoms with van der Waals surface area (Å²) in [5, 5.41) is 11.1. The van der Waals surface area contributed by atoms with Crippen molar-refractivity contribution in [1.29, 1.82) is 0 Å². The molecule has 21 heavy (non-hydrogen) atoms. The summed E-state index contributed by atoms with van der Waals surface area (Å²) in [5.74, 6) is -1.63. The first kappa shape index (κ1) is 14.3. The maximum atomic E-state index is 11.9. The SMILES string of the molecule is O=C(O)Cc1ccc(NC(=O)c2c[nH]c(=O)[nH]c2=O)cc1. The molecular formula is C13H11N3O5. The highest BCUT2D eigenvalue weighted by molar-refractivity contribution is 6.03. The largest absolute Gasteiger partial charge is 0.481 e. The third-order valence-corrected chi connectivity index (χ3v) is 2.63. The van der Waals surface area contributed by atoms with Crippen molar-refractivity contribution < 1.29 is 14.7 Å². The van der Waals surface area contributed by atoms with Crippen molar-refractivity contribution in [3.05, 3.63) is 62.4 Å². The molecule has 1 amide bonds. The Bertz CT molecular complexity index is 788. The van der Waals surface area contributed by atoms with Gasteiger partial charge in [0.1, 0.15) is 5.56 Å². The van der Waals surface area contributed by atoms with Crippen LogP contribution in [0.5, 0.6) is 0 Å². The molecule has 1 heterocycles. The molecule has 1 aromatic carbocycles. The second-order valence-electron chi connectivity index (χ2n) is 4.21. The summed E-state index contributed by atoms with van der Waals surface area (Å²) >= 11 is 0. The summed E-state index contributed by atoms with van der Waals surface area (Å²) < 4.78 is 0. The molecular weight excluding hydrogens is 278 g/mol. The van der Waals surface area contributed by atoms with Crippen molar-refractivity contribution in [3.63, 3.8) is 0 Å². The first-order chi connectivity index (χ1) is 9.95. The number of nitrogens with one attached hydrogen (secondary N) is 3. The molecule has 0 saturated heterocycles. The highest BCUT2D eigenvalue weighted by Gasteiger charge is 2.11. The number of aromatic amines is 2. The average Bonchev–Trinajstić information content (AvgIpc) is 2.40. The van der Waals surface area contributed by atoms with E-state index in [-0.39, 0.29) is 12.0 Å². The van der Waals surface area contributed by atoms with Crippen LogP contribution in [-0.2, 0) is 11.2 Å². The molecule has 0 radical (unpaired) electrons. The fourth-order valence-electron chi connectivity index (χ4n) is 1.66. The Morgan fingerprint density at radius 2 is 1.81 bits per heavy atom. The van der Waals surface area contributed by atoms with Crippen LogP contribution in [0.1, 0.15) is 15.9 Å². The van der Waals surface area contributed by atoms with E-state index < -0.39 is 23.1 Å². The summed E-state index contributed by atoms with van der Waals surface area (Å²) in [5.41, 5.74) is -0.736. The lowest BCUT2D eigenvalue weighted by molar-refractivity contribution is -0.136. The number of amides is 1. The molecule has 1 aromatic heterocycles. The molecule has 0 aliphatic rings. The predicted molar refractivity (Wildman–Crippen MR) is 73.4 cm³/mol. The molecule has 0 atom stereocenters. The van der Waals surface area contributed by atoms with Gasteiger partial charge in [-0.05, 0) is 17.7 Å². The lowest BCUT2D eigenvalue weighted by atomic mass is 10.1. The second-order valence-corrected chi connectivity index (χ2v) is 4.21. The van der Waals surface area contributed by atoms with Gasteiger partial charge in [0.2, 0.25) is 0 Å². The fraction of sp³-hybridized carbons (Fsp3) is 0.0769. The van der Waals surface area contributed by atoms with Crippen LogP contribution in [0.2, 0.25) is 0 Å². The first-order valence-electron chi connectivity index (χ1n) is 5.90. The normalized spacial score (nSPS) is 10.1. The predicted octanol–water partition coefficient (Wildman–Crippen LogP) is -0.0574. The minimum Gasteiger partial charge on any atom is -0.481 e. The topological polar surface area (TPSA) is 132 Å². The highest BCUT2D eigenvalue weighted by Crippen LogP contribution is 2.10. The Balaban J connectivity index is 2.14. The molecule has 8 heteroatoms. The zero-order valence-corrected chi connectivity index (χ0v) is 10.7. The van der Waals surface area contributed by atoms with Gasteiger partial charge in [0, 0.05) is 11.9 Å². The van der Waals surface area contributed by atoms with Crippen LogP contribution in [0.15, 0.2) is 40.1 Å². The van der Waals surface area contributed by atoms with Gasteiger partial charge in [-0.15, -0.1) is 0 Å². The third-order valence-electron chi connectivity index (χ3n) is 2.63. The lowest BCUT2D eigenvalue weighted by Gasteiger charge is -2.05. The number of H-pyrrole nitrogens is 2. The molecule has 0 fully saturated rings. The van der Waals surface area contributed by atoms with E-state index in [4.69, 9.17) is 5.11 Å². The number of carbonyl (C=O) groups excluding carboxylic acids is 1. The fourth-order valence-corrected chi connectivity index (χ4v) is 1.66. The molecule has 0 aliphatic carbocycles. The molecule has 4 N–H and O–H groups in total. The van der Waals surface area contributed by atoms with Gasteiger partial charge in [0.25, 0.3) is 11.5 Å². The van der Waals surface area contributed by atoms with Gasteiger partial charge < -0.3 is 15.4 Å². The molecule has 0 unspecified atom stereocenters. The van der Waals surface area contributed by atoms with E-state index in [1.165, 1.54) is 12.1 Å². The summed E-state index contributed by atoms with van der Waals surface area (Å²) in [4.78, 5) is 48.9. The smallest absolute Gasteiger partial charge is 0.325 e. The van der Waals surface area contributed by atoms with Crippen molar-refractivity contribution in [2.24, 2.45) is 0 Å². The maximum Gasteiger partial charge on any atom is 0.325 e. The molecule has 108 valence electrons. The van der Waals surface area contributed by atoms with Crippen LogP contribution in [0.25, 0.3) is 0 Å². The Morgan fingerprint density at radius 3 is 2.38 bits per heavy atom. The lowest BCUT2D eigenvalue weighted by Crippen LogP contribution is -2.29. The quantitative estimate of drug-likeness (QED) is 0.626. The first-order valence-corrected chi connectivity index (χ1v) is 5.90. The van der Waals surface area contributed by atoms with Gasteiger partial charge in [-0.3, -0.25) is 19.4 Å². The summed E-state index contributed by atoms with van der Waals surface area (Å²) in [6.07, 6.45) is 0.906. The van der Waals surface area contributed by atoms with E-state index >= 15 is 0 Å². The van der Waals surface area contributed by atoms with Crippen LogP contribution in [0, 0.1) is 0 Å². The van der Waals surface area contributed by atoms with Crippen LogP contribution < -0.4 is 16.6 Å². The van der Waals surface area contributed by atoms with Gasteiger partial charge in [-0.1, -0.05) is 12.1 Å². The van der Waals surface area contributed by atoms with Crippen molar-refractivity contribution in [2.45, 2.75) is 6.42 Å². The second kappa shape index (κ2) is 5.87. The summed E-state index contributed by atoms with van der Waals surface area (Å²) in [6, 6.07) is 6.16. The number of anilines is 1. The molecule has 0 saturated carbocycles. The van der Waals surface area contributed by atoms with E-state index in [0.29, 0.717) is 11.3 Å². The Labute approximate surface area is 117 Å².